The molecule has 1 unspecified atom stereocenters. The quantitative estimate of drug-likeness (QED) is 0.795. The molecule has 0 saturated carbocycles. The normalized spacial score (nSPS) is 12.1. The summed E-state index contributed by atoms with van der Waals surface area (Å²) in [6.45, 7) is 1.87. The van der Waals surface area contributed by atoms with Gasteiger partial charge in [-0.1, -0.05) is 18.5 Å². The summed E-state index contributed by atoms with van der Waals surface area (Å²) in [7, 11) is 0. The van der Waals surface area contributed by atoms with Crippen LogP contribution >= 0.6 is 11.6 Å². The molecule has 14 heavy (non-hydrogen) atoms. The molecule has 4 nitrogen and oxygen atoms in total. The van der Waals surface area contributed by atoms with Gasteiger partial charge in [-0.2, -0.15) is 0 Å². The Morgan fingerprint density at radius 1 is 1.71 bits per heavy atom. The average molecular weight is 214 g/mol. The molecule has 1 aromatic rings. The third-order valence-electron chi connectivity index (χ3n) is 1.80. The minimum Gasteiger partial charge on any atom is -0.368 e. The van der Waals surface area contributed by atoms with E-state index >= 15 is 0 Å². The standard InChI is InChI=1S/C9H12ClN3O/c1-2-7(9(11)14)13-8-4-3-6(10)5-12-8/h3-5,7H,2H2,1H3,(H2,11,14)(H,12,13). The highest BCUT2D eigenvalue weighted by Crippen LogP contribution is 2.11. The van der Waals surface area contributed by atoms with Gasteiger partial charge in [0.1, 0.15) is 11.9 Å². The molecule has 0 spiro atoms. The fourth-order valence-electron chi connectivity index (χ4n) is 1.01. The molecule has 0 radical (unpaired) electrons. The maximum Gasteiger partial charge on any atom is 0.239 e. The predicted molar refractivity (Wildman–Crippen MR) is 56.1 cm³/mol. The number of pyridine rings is 1. The van der Waals surface area contributed by atoms with E-state index in [0.29, 0.717) is 17.3 Å². The van der Waals surface area contributed by atoms with Gasteiger partial charge in [0.15, 0.2) is 0 Å². The lowest BCUT2D eigenvalue weighted by Crippen LogP contribution is -2.34. The van der Waals surface area contributed by atoms with Gasteiger partial charge < -0.3 is 11.1 Å². The van der Waals surface area contributed by atoms with E-state index in [2.05, 4.69) is 10.3 Å². The van der Waals surface area contributed by atoms with Crippen molar-refractivity contribution in [2.45, 2.75) is 19.4 Å². The van der Waals surface area contributed by atoms with Crippen molar-refractivity contribution in [3.05, 3.63) is 23.4 Å². The van der Waals surface area contributed by atoms with E-state index in [1.165, 1.54) is 6.20 Å². The van der Waals surface area contributed by atoms with Crippen molar-refractivity contribution >= 4 is 23.3 Å². The van der Waals surface area contributed by atoms with Crippen LogP contribution in [-0.2, 0) is 4.79 Å². The second-order valence-electron chi connectivity index (χ2n) is 2.87. The van der Waals surface area contributed by atoms with Gasteiger partial charge in [-0.15, -0.1) is 0 Å². The number of hydrogen-bond acceptors (Lipinski definition) is 3. The first-order valence-corrected chi connectivity index (χ1v) is 4.68. The molecule has 1 amide bonds. The summed E-state index contributed by atoms with van der Waals surface area (Å²) in [5, 5.41) is 3.47. The molecule has 3 N–H and O–H groups in total. The number of nitrogens with one attached hydrogen (secondary N) is 1. The summed E-state index contributed by atoms with van der Waals surface area (Å²) in [5.41, 5.74) is 5.17. The van der Waals surface area contributed by atoms with Gasteiger partial charge >= 0.3 is 0 Å². The molecule has 76 valence electrons. The Balaban J connectivity index is 2.67. The van der Waals surface area contributed by atoms with E-state index in [-0.39, 0.29) is 11.9 Å². The van der Waals surface area contributed by atoms with Gasteiger partial charge in [0, 0.05) is 6.20 Å². The van der Waals surface area contributed by atoms with E-state index in [1.54, 1.807) is 12.1 Å². The molecular formula is C9H12ClN3O. The fourth-order valence-corrected chi connectivity index (χ4v) is 1.13. The number of rotatable bonds is 4. The monoisotopic (exact) mass is 213 g/mol. The summed E-state index contributed by atoms with van der Waals surface area (Å²) in [6, 6.07) is 3.02. The Morgan fingerprint density at radius 3 is 2.86 bits per heavy atom. The van der Waals surface area contributed by atoms with Gasteiger partial charge in [-0.05, 0) is 18.6 Å². The van der Waals surface area contributed by atoms with Gasteiger partial charge in [-0.25, -0.2) is 4.98 Å². The number of primary amides is 1. The van der Waals surface area contributed by atoms with Crippen molar-refractivity contribution in [1.29, 1.82) is 0 Å². The Bertz CT molecular complexity index is 312. The van der Waals surface area contributed by atoms with Gasteiger partial charge in [0.2, 0.25) is 5.91 Å². The Morgan fingerprint density at radius 2 is 2.43 bits per heavy atom. The van der Waals surface area contributed by atoms with Crippen molar-refractivity contribution < 1.29 is 4.79 Å². The van der Waals surface area contributed by atoms with E-state index in [9.17, 15) is 4.79 Å². The number of anilines is 1. The number of nitrogens with two attached hydrogens (primary N) is 1. The zero-order valence-corrected chi connectivity index (χ0v) is 8.58. The molecule has 0 bridgehead atoms. The Hall–Kier alpha value is -1.29. The minimum atomic E-state index is -0.385. The third kappa shape index (κ3) is 2.88. The van der Waals surface area contributed by atoms with Gasteiger partial charge in [0.05, 0.1) is 5.02 Å². The van der Waals surface area contributed by atoms with Crippen LogP contribution in [0.15, 0.2) is 18.3 Å². The number of aromatic nitrogens is 1. The first-order valence-electron chi connectivity index (χ1n) is 4.31. The molecule has 1 rings (SSSR count). The summed E-state index contributed by atoms with van der Waals surface area (Å²) in [6.07, 6.45) is 2.14. The molecule has 5 heteroatoms. The number of carbonyl (C=O) groups excluding carboxylic acids is 1. The van der Waals surface area contributed by atoms with E-state index in [1.807, 2.05) is 6.92 Å². The number of halogens is 1. The number of amides is 1. The van der Waals surface area contributed by atoms with Gasteiger partial charge in [0.25, 0.3) is 0 Å². The molecule has 0 aromatic carbocycles. The third-order valence-corrected chi connectivity index (χ3v) is 2.02. The lowest BCUT2D eigenvalue weighted by molar-refractivity contribution is -0.118. The van der Waals surface area contributed by atoms with Crippen molar-refractivity contribution in [3.8, 4) is 0 Å². The summed E-state index contributed by atoms with van der Waals surface area (Å²) in [5.74, 6) is 0.212. The van der Waals surface area contributed by atoms with Crippen LogP contribution < -0.4 is 11.1 Å². The highest BCUT2D eigenvalue weighted by molar-refractivity contribution is 6.30. The maximum atomic E-state index is 10.9. The van der Waals surface area contributed by atoms with Crippen LogP contribution in [0.5, 0.6) is 0 Å². The fraction of sp³-hybridized carbons (Fsp3) is 0.333. The molecule has 0 aliphatic heterocycles. The van der Waals surface area contributed by atoms with Crippen LogP contribution in [-0.4, -0.2) is 16.9 Å². The first-order chi connectivity index (χ1) is 6.63. The highest BCUT2D eigenvalue weighted by Gasteiger charge is 2.12. The van der Waals surface area contributed by atoms with E-state index < -0.39 is 0 Å². The molecule has 0 aliphatic rings. The predicted octanol–water partition coefficient (Wildman–Crippen LogP) is 1.41. The van der Waals surface area contributed by atoms with Crippen LogP contribution in [0.25, 0.3) is 0 Å². The van der Waals surface area contributed by atoms with Crippen molar-refractivity contribution in [2.24, 2.45) is 5.73 Å². The smallest absolute Gasteiger partial charge is 0.239 e. The SMILES string of the molecule is CCC(Nc1ccc(Cl)cn1)C(N)=O. The molecular weight excluding hydrogens is 202 g/mol. The minimum absolute atomic E-state index is 0.385. The molecule has 0 saturated heterocycles. The molecule has 0 fully saturated rings. The summed E-state index contributed by atoms with van der Waals surface area (Å²) < 4.78 is 0. The van der Waals surface area contributed by atoms with Crippen LogP contribution in [0.2, 0.25) is 5.02 Å². The number of hydrogen-bond donors (Lipinski definition) is 2. The van der Waals surface area contributed by atoms with Crippen molar-refractivity contribution in [3.63, 3.8) is 0 Å². The molecule has 1 aromatic heterocycles. The molecule has 1 heterocycles. The lowest BCUT2D eigenvalue weighted by Gasteiger charge is -2.13. The van der Waals surface area contributed by atoms with Crippen LogP contribution in [0.4, 0.5) is 5.82 Å². The summed E-state index contributed by atoms with van der Waals surface area (Å²) in [4.78, 5) is 14.9. The lowest BCUT2D eigenvalue weighted by atomic mass is 10.2. The van der Waals surface area contributed by atoms with Crippen LogP contribution in [0.3, 0.4) is 0 Å². The summed E-state index contributed by atoms with van der Waals surface area (Å²) >= 11 is 5.66. The Kier molecular flexibility index (Phi) is 3.71. The first kappa shape index (κ1) is 10.8. The van der Waals surface area contributed by atoms with E-state index in [4.69, 9.17) is 17.3 Å². The molecule has 0 aliphatic carbocycles. The number of nitrogens with zero attached hydrogens (tertiary/aromatic N) is 1. The van der Waals surface area contributed by atoms with Gasteiger partial charge in [-0.3, -0.25) is 4.79 Å². The second-order valence-corrected chi connectivity index (χ2v) is 3.31. The van der Waals surface area contributed by atoms with Crippen molar-refractivity contribution in [2.75, 3.05) is 5.32 Å². The highest BCUT2D eigenvalue weighted by atomic mass is 35.5. The largest absolute Gasteiger partial charge is 0.368 e. The van der Waals surface area contributed by atoms with Crippen LogP contribution in [0.1, 0.15) is 13.3 Å². The Labute approximate surface area is 87.5 Å². The number of carbonyl (C=O) groups is 1. The second kappa shape index (κ2) is 4.81. The zero-order valence-electron chi connectivity index (χ0n) is 7.83. The average Bonchev–Trinajstić information content (AvgIpc) is 2.16. The maximum absolute atomic E-state index is 10.9. The van der Waals surface area contributed by atoms with Crippen LogP contribution in [0, 0.1) is 0 Å². The topological polar surface area (TPSA) is 68.0 Å². The van der Waals surface area contributed by atoms with Crippen molar-refractivity contribution in [1.82, 2.24) is 4.98 Å². The van der Waals surface area contributed by atoms with E-state index in [0.717, 1.165) is 0 Å². The zero-order chi connectivity index (χ0) is 10.6. The molecule has 1 atom stereocenters.